The number of rotatable bonds is 4. The molecular weight excluding hydrogens is 222 g/mol. The lowest BCUT2D eigenvalue weighted by Gasteiger charge is -2.18. The smallest absolute Gasteiger partial charge is 0.134 e. The van der Waals surface area contributed by atoms with E-state index in [-0.39, 0.29) is 0 Å². The Labute approximate surface area is 110 Å². The van der Waals surface area contributed by atoms with E-state index in [1.54, 1.807) is 0 Å². The number of hydrogen-bond acceptors (Lipinski definition) is 3. The van der Waals surface area contributed by atoms with Gasteiger partial charge in [0.25, 0.3) is 0 Å². The predicted octanol–water partition coefficient (Wildman–Crippen LogP) is 4.00. The molecule has 0 radical (unpaired) electrons. The summed E-state index contributed by atoms with van der Waals surface area (Å²) in [5, 5.41) is 3.41. The number of hydrogen-bond donors (Lipinski definition) is 1. The number of anilines is 1. The van der Waals surface area contributed by atoms with Gasteiger partial charge in [0, 0.05) is 23.7 Å². The summed E-state index contributed by atoms with van der Waals surface area (Å²) >= 11 is 0. The van der Waals surface area contributed by atoms with Crippen LogP contribution in [0.2, 0.25) is 0 Å². The molecule has 1 aliphatic carbocycles. The van der Waals surface area contributed by atoms with Crippen molar-refractivity contribution < 1.29 is 0 Å². The van der Waals surface area contributed by atoms with E-state index < -0.39 is 0 Å². The van der Waals surface area contributed by atoms with Gasteiger partial charge >= 0.3 is 0 Å². The molecule has 1 aromatic rings. The van der Waals surface area contributed by atoms with Crippen molar-refractivity contribution >= 4 is 5.82 Å². The van der Waals surface area contributed by atoms with Crippen molar-refractivity contribution in [2.24, 2.45) is 0 Å². The summed E-state index contributed by atoms with van der Waals surface area (Å²) in [6.45, 7) is 9.58. The molecule has 0 amide bonds. The number of aryl methyl sites for hydroxylation is 1. The van der Waals surface area contributed by atoms with E-state index in [4.69, 9.17) is 9.97 Å². The number of aromatic nitrogens is 2. The van der Waals surface area contributed by atoms with Gasteiger partial charge in [-0.2, -0.15) is 0 Å². The van der Waals surface area contributed by atoms with Crippen molar-refractivity contribution in [1.29, 1.82) is 0 Å². The fraction of sp³-hybridized carbons (Fsp3) is 0.733. The molecule has 0 aromatic carbocycles. The third kappa shape index (κ3) is 2.65. The molecule has 100 valence electrons. The van der Waals surface area contributed by atoms with Gasteiger partial charge in [0.05, 0.1) is 0 Å². The largest absolute Gasteiger partial charge is 0.370 e. The second kappa shape index (κ2) is 5.68. The summed E-state index contributed by atoms with van der Waals surface area (Å²) in [7, 11) is 0. The van der Waals surface area contributed by atoms with Gasteiger partial charge in [-0.1, -0.05) is 26.7 Å². The van der Waals surface area contributed by atoms with Crippen LogP contribution in [-0.4, -0.2) is 16.5 Å². The molecule has 0 bridgehead atoms. The summed E-state index contributed by atoms with van der Waals surface area (Å²) in [5.74, 6) is 3.17. The number of nitrogens with zero attached hydrogens (tertiary/aromatic N) is 2. The Morgan fingerprint density at radius 3 is 2.44 bits per heavy atom. The fourth-order valence-corrected chi connectivity index (χ4v) is 2.96. The molecule has 1 N–H and O–H groups in total. The van der Waals surface area contributed by atoms with Crippen LogP contribution in [-0.2, 0) is 0 Å². The van der Waals surface area contributed by atoms with E-state index in [0.717, 1.165) is 23.9 Å². The maximum Gasteiger partial charge on any atom is 0.134 e. The lowest BCUT2D eigenvalue weighted by atomic mass is 10.0. The average Bonchev–Trinajstić information content (AvgIpc) is 2.81. The van der Waals surface area contributed by atoms with Crippen LogP contribution in [0.1, 0.15) is 75.4 Å². The van der Waals surface area contributed by atoms with Gasteiger partial charge in [0.1, 0.15) is 11.6 Å². The fourth-order valence-electron chi connectivity index (χ4n) is 2.96. The van der Waals surface area contributed by atoms with Gasteiger partial charge in [0.2, 0.25) is 0 Å². The minimum absolute atomic E-state index is 0.469. The highest BCUT2D eigenvalue weighted by molar-refractivity contribution is 5.48. The van der Waals surface area contributed by atoms with Crippen molar-refractivity contribution in [2.75, 3.05) is 11.9 Å². The maximum absolute atomic E-state index is 4.80. The van der Waals surface area contributed by atoms with Gasteiger partial charge in [-0.15, -0.1) is 0 Å². The summed E-state index contributed by atoms with van der Waals surface area (Å²) in [5.41, 5.74) is 2.43. The first kappa shape index (κ1) is 13.3. The highest BCUT2D eigenvalue weighted by atomic mass is 15.0. The van der Waals surface area contributed by atoms with Crippen molar-refractivity contribution in [3.63, 3.8) is 0 Å². The first-order valence-corrected chi connectivity index (χ1v) is 7.25. The van der Waals surface area contributed by atoms with Gasteiger partial charge in [-0.3, -0.25) is 0 Å². The first-order chi connectivity index (χ1) is 8.63. The average molecular weight is 247 g/mol. The SMILES string of the molecule is CCNc1nc(C2CCCC2)nc(C)c1C(C)C. The maximum atomic E-state index is 4.80. The Kier molecular flexibility index (Phi) is 4.20. The quantitative estimate of drug-likeness (QED) is 0.874. The van der Waals surface area contributed by atoms with Crippen LogP contribution in [0.4, 0.5) is 5.82 Å². The van der Waals surface area contributed by atoms with Gasteiger partial charge in [-0.05, 0) is 32.6 Å². The molecule has 0 unspecified atom stereocenters. The van der Waals surface area contributed by atoms with Gasteiger partial charge in [-0.25, -0.2) is 9.97 Å². The Morgan fingerprint density at radius 2 is 1.89 bits per heavy atom. The molecule has 3 heteroatoms. The summed E-state index contributed by atoms with van der Waals surface area (Å²) in [6, 6.07) is 0. The van der Waals surface area contributed by atoms with E-state index in [2.05, 4.69) is 33.0 Å². The zero-order valence-electron chi connectivity index (χ0n) is 12.1. The van der Waals surface area contributed by atoms with Crippen LogP contribution in [0, 0.1) is 6.92 Å². The van der Waals surface area contributed by atoms with Crippen molar-refractivity contribution in [3.8, 4) is 0 Å². The lowest BCUT2D eigenvalue weighted by Crippen LogP contribution is -2.12. The zero-order valence-corrected chi connectivity index (χ0v) is 12.1. The summed E-state index contributed by atoms with van der Waals surface area (Å²) in [4.78, 5) is 9.57. The van der Waals surface area contributed by atoms with E-state index in [1.165, 1.54) is 31.2 Å². The van der Waals surface area contributed by atoms with Crippen LogP contribution in [0.5, 0.6) is 0 Å². The molecule has 0 aliphatic heterocycles. The third-order valence-electron chi connectivity index (χ3n) is 3.80. The van der Waals surface area contributed by atoms with E-state index in [9.17, 15) is 0 Å². The van der Waals surface area contributed by atoms with Crippen LogP contribution in [0.3, 0.4) is 0 Å². The van der Waals surface area contributed by atoms with Gasteiger partial charge in [0.15, 0.2) is 0 Å². The molecular formula is C15H25N3. The number of nitrogens with one attached hydrogen (secondary N) is 1. The molecule has 2 rings (SSSR count). The minimum atomic E-state index is 0.469. The molecule has 0 atom stereocenters. The van der Waals surface area contributed by atoms with Crippen LogP contribution >= 0.6 is 0 Å². The van der Waals surface area contributed by atoms with Crippen LogP contribution in [0.25, 0.3) is 0 Å². The normalized spacial score (nSPS) is 16.5. The molecule has 0 saturated heterocycles. The molecule has 18 heavy (non-hydrogen) atoms. The molecule has 0 spiro atoms. The van der Waals surface area contributed by atoms with Crippen molar-refractivity contribution in [3.05, 3.63) is 17.1 Å². The lowest BCUT2D eigenvalue weighted by molar-refractivity contribution is 0.658. The molecule has 1 saturated carbocycles. The van der Waals surface area contributed by atoms with E-state index in [0.29, 0.717) is 11.8 Å². The first-order valence-electron chi connectivity index (χ1n) is 7.25. The Bertz CT molecular complexity index is 406. The van der Waals surface area contributed by atoms with Crippen molar-refractivity contribution in [1.82, 2.24) is 9.97 Å². The van der Waals surface area contributed by atoms with Crippen molar-refractivity contribution in [2.45, 2.75) is 65.2 Å². The summed E-state index contributed by atoms with van der Waals surface area (Å²) < 4.78 is 0. The summed E-state index contributed by atoms with van der Waals surface area (Å²) in [6.07, 6.45) is 5.17. The Hall–Kier alpha value is -1.12. The monoisotopic (exact) mass is 247 g/mol. The Balaban J connectivity index is 2.39. The van der Waals surface area contributed by atoms with E-state index in [1.807, 2.05) is 0 Å². The second-order valence-electron chi connectivity index (χ2n) is 5.60. The Morgan fingerprint density at radius 1 is 1.22 bits per heavy atom. The second-order valence-corrected chi connectivity index (χ2v) is 5.60. The molecule has 1 fully saturated rings. The predicted molar refractivity (Wildman–Crippen MR) is 76.2 cm³/mol. The highest BCUT2D eigenvalue weighted by Crippen LogP contribution is 2.34. The minimum Gasteiger partial charge on any atom is -0.370 e. The zero-order chi connectivity index (χ0) is 13.1. The topological polar surface area (TPSA) is 37.8 Å². The third-order valence-corrected chi connectivity index (χ3v) is 3.80. The molecule has 1 aromatic heterocycles. The van der Waals surface area contributed by atoms with E-state index >= 15 is 0 Å². The highest BCUT2D eigenvalue weighted by Gasteiger charge is 2.22. The van der Waals surface area contributed by atoms with Gasteiger partial charge < -0.3 is 5.32 Å². The molecule has 1 heterocycles. The standard InChI is InChI=1S/C15H25N3/c1-5-16-15-13(10(2)3)11(4)17-14(18-15)12-8-6-7-9-12/h10,12H,5-9H2,1-4H3,(H,16,17,18). The van der Waals surface area contributed by atoms with Crippen LogP contribution in [0.15, 0.2) is 0 Å². The van der Waals surface area contributed by atoms with Crippen LogP contribution < -0.4 is 5.32 Å². The molecule has 3 nitrogen and oxygen atoms in total. The molecule has 1 aliphatic rings.